The van der Waals surface area contributed by atoms with E-state index < -0.39 is 5.92 Å². The number of nitrogens with zero attached hydrogens (tertiary/aromatic N) is 1. The van der Waals surface area contributed by atoms with E-state index in [0.29, 0.717) is 0 Å². The third-order valence-electron chi connectivity index (χ3n) is 2.49. The molecule has 1 aromatic heterocycles. The Labute approximate surface area is 102 Å². The molecule has 1 aromatic carbocycles. The minimum Gasteiger partial charge on any atom is -0.496 e. The van der Waals surface area contributed by atoms with Crippen molar-refractivity contribution in [2.75, 3.05) is 12.8 Å². The Morgan fingerprint density at radius 3 is 2.61 bits per heavy atom. The van der Waals surface area contributed by atoms with Gasteiger partial charge in [0.2, 0.25) is 5.88 Å². The number of rotatable bonds is 3. The van der Waals surface area contributed by atoms with Crippen molar-refractivity contribution in [3.8, 4) is 17.0 Å². The number of halogens is 2. The van der Waals surface area contributed by atoms with Gasteiger partial charge in [-0.05, 0) is 6.07 Å². The van der Waals surface area contributed by atoms with E-state index in [2.05, 4.69) is 5.16 Å². The van der Waals surface area contributed by atoms with Gasteiger partial charge in [0.15, 0.2) is 0 Å². The van der Waals surface area contributed by atoms with Crippen molar-refractivity contribution in [2.24, 2.45) is 0 Å². The molecule has 0 aliphatic carbocycles. The smallest absolute Gasteiger partial charge is 0.274 e. The Hall–Kier alpha value is -2.11. The third-order valence-corrected chi connectivity index (χ3v) is 2.49. The molecular formula is C12H12F2N2O2. The highest BCUT2D eigenvalue weighted by molar-refractivity contribution is 5.69. The minimum absolute atomic E-state index is 0.0678. The van der Waals surface area contributed by atoms with Crippen molar-refractivity contribution in [1.29, 1.82) is 0 Å². The fourth-order valence-electron chi connectivity index (χ4n) is 1.78. The molecule has 0 saturated heterocycles. The zero-order chi connectivity index (χ0) is 13.3. The monoisotopic (exact) mass is 254 g/mol. The van der Waals surface area contributed by atoms with Gasteiger partial charge in [-0.15, -0.1) is 0 Å². The highest BCUT2D eigenvalue weighted by Gasteiger charge is 2.32. The summed E-state index contributed by atoms with van der Waals surface area (Å²) in [7, 11) is 1.34. The summed E-state index contributed by atoms with van der Waals surface area (Å²) in [6.07, 6.45) is 0. The maximum absolute atomic E-state index is 13.7. The predicted molar refractivity (Wildman–Crippen MR) is 62.5 cm³/mol. The molecule has 0 amide bonds. The van der Waals surface area contributed by atoms with Crippen LogP contribution in [0.5, 0.6) is 5.75 Å². The maximum Gasteiger partial charge on any atom is 0.274 e. The summed E-state index contributed by atoms with van der Waals surface area (Å²) < 4.78 is 37.0. The first-order chi connectivity index (χ1) is 8.43. The van der Waals surface area contributed by atoms with E-state index in [1.807, 2.05) is 0 Å². The van der Waals surface area contributed by atoms with Crippen molar-refractivity contribution in [2.45, 2.75) is 12.8 Å². The van der Waals surface area contributed by atoms with E-state index in [4.69, 9.17) is 15.0 Å². The highest BCUT2D eigenvalue weighted by atomic mass is 19.3. The van der Waals surface area contributed by atoms with Crippen molar-refractivity contribution in [1.82, 2.24) is 5.16 Å². The van der Waals surface area contributed by atoms with Crippen LogP contribution in [0, 0.1) is 0 Å². The number of hydrogen-bond donors (Lipinski definition) is 1. The van der Waals surface area contributed by atoms with Crippen molar-refractivity contribution >= 4 is 5.88 Å². The van der Waals surface area contributed by atoms with E-state index in [1.165, 1.54) is 25.3 Å². The lowest BCUT2D eigenvalue weighted by atomic mass is 9.99. The Morgan fingerprint density at radius 1 is 1.39 bits per heavy atom. The topological polar surface area (TPSA) is 61.3 Å². The quantitative estimate of drug-likeness (QED) is 0.914. The number of nitrogen functional groups attached to an aromatic ring is 1. The Balaban J connectivity index is 2.67. The van der Waals surface area contributed by atoms with Gasteiger partial charge < -0.3 is 15.0 Å². The van der Waals surface area contributed by atoms with Gasteiger partial charge in [0.25, 0.3) is 5.92 Å². The largest absolute Gasteiger partial charge is 0.496 e. The second kappa shape index (κ2) is 4.29. The first-order valence-electron chi connectivity index (χ1n) is 5.21. The van der Waals surface area contributed by atoms with Crippen LogP contribution in [-0.4, -0.2) is 12.3 Å². The number of nitrogens with two attached hydrogens (primary N) is 1. The molecule has 0 aliphatic rings. The Morgan fingerprint density at radius 2 is 2.11 bits per heavy atom. The summed E-state index contributed by atoms with van der Waals surface area (Å²) in [4.78, 5) is 0. The summed E-state index contributed by atoms with van der Waals surface area (Å²) in [5.74, 6) is -2.89. The molecule has 0 fully saturated rings. The van der Waals surface area contributed by atoms with Crippen LogP contribution in [0.15, 0.2) is 28.8 Å². The summed E-state index contributed by atoms with van der Waals surface area (Å²) >= 11 is 0. The molecule has 0 atom stereocenters. The minimum atomic E-state index is -3.06. The van der Waals surface area contributed by atoms with Crippen LogP contribution in [0.2, 0.25) is 0 Å². The lowest BCUT2D eigenvalue weighted by Crippen LogP contribution is -2.11. The van der Waals surface area contributed by atoms with Crippen molar-refractivity contribution in [3.05, 3.63) is 29.8 Å². The zero-order valence-corrected chi connectivity index (χ0v) is 9.91. The van der Waals surface area contributed by atoms with Crippen LogP contribution >= 0.6 is 0 Å². The van der Waals surface area contributed by atoms with Gasteiger partial charge in [0.05, 0.1) is 12.7 Å². The second-order valence-corrected chi connectivity index (χ2v) is 3.89. The summed E-state index contributed by atoms with van der Waals surface area (Å²) in [5, 5.41) is 3.65. The normalized spacial score (nSPS) is 11.6. The van der Waals surface area contributed by atoms with Crippen LogP contribution in [-0.2, 0) is 5.92 Å². The summed E-state index contributed by atoms with van der Waals surface area (Å²) in [5.41, 5.74) is 5.65. The van der Waals surface area contributed by atoms with Gasteiger partial charge in [-0.2, -0.15) is 0 Å². The molecule has 2 aromatic rings. The fraction of sp³-hybridized carbons (Fsp3) is 0.250. The number of alkyl halides is 2. The molecule has 18 heavy (non-hydrogen) atoms. The average molecular weight is 254 g/mol. The Kier molecular flexibility index (Phi) is 2.94. The average Bonchev–Trinajstić information content (AvgIpc) is 2.73. The number of methoxy groups -OCH3 is 1. The van der Waals surface area contributed by atoms with Gasteiger partial charge >= 0.3 is 0 Å². The van der Waals surface area contributed by atoms with Gasteiger partial charge in [-0.3, -0.25) is 0 Å². The standard InChI is InChI=1S/C12H12F2N2O2/c1-12(13,14)11-7(4-3-5-9(11)17-2)8-6-10(15)18-16-8/h3-6H,15H2,1-2H3. The van der Waals surface area contributed by atoms with Crippen molar-refractivity contribution in [3.63, 3.8) is 0 Å². The fourth-order valence-corrected chi connectivity index (χ4v) is 1.78. The van der Waals surface area contributed by atoms with E-state index in [0.717, 1.165) is 6.92 Å². The number of hydrogen-bond acceptors (Lipinski definition) is 4. The molecule has 4 nitrogen and oxygen atoms in total. The molecular weight excluding hydrogens is 242 g/mol. The number of ether oxygens (including phenoxy) is 1. The number of anilines is 1. The van der Waals surface area contributed by atoms with E-state index in [9.17, 15) is 8.78 Å². The van der Waals surface area contributed by atoms with Crippen LogP contribution in [0.4, 0.5) is 14.7 Å². The highest BCUT2D eigenvalue weighted by Crippen LogP contribution is 2.41. The van der Waals surface area contributed by atoms with Crippen LogP contribution in [0.1, 0.15) is 12.5 Å². The summed E-state index contributed by atoms with van der Waals surface area (Å²) in [6, 6.07) is 5.99. The molecule has 0 bridgehead atoms. The first-order valence-corrected chi connectivity index (χ1v) is 5.21. The van der Waals surface area contributed by atoms with E-state index in [-0.39, 0.29) is 28.5 Å². The Bertz CT molecular complexity index is 561. The second-order valence-electron chi connectivity index (χ2n) is 3.89. The van der Waals surface area contributed by atoms with Crippen molar-refractivity contribution < 1.29 is 18.0 Å². The lowest BCUT2D eigenvalue weighted by molar-refractivity contribution is 0.0157. The lowest BCUT2D eigenvalue weighted by Gasteiger charge is -2.17. The van der Waals surface area contributed by atoms with Crippen LogP contribution in [0.3, 0.4) is 0 Å². The molecule has 0 unspecified atom stereocenters. The molecule has 0 aliphatic heterocycles. The SMILES string of the molecule is COc1cccc(-c2cc(N)on2)c1C(C)(F)F. The molecule has 0 radical (unpaired) electrons. The summed E-state index contributed by atoms with van der Waals surface area (Å²) in [6.45, 7) is 0.803. The molecule has 1 heterocycles. The molecule has 96 valence electrons. The van der Waals surface area contributed by atoms with E-state index >= 15 is 0 Å². The molecule has 6 heteroatoms. The van der Waals surface area contributed by atoms with Gasteiger partial charge in [-0.1, -0.05) is 17.3 Å². The predicted octanol–water partition coefficient (Wildman–Crippen LogP) is 3.04. The number of benzene rings is 1. The van der Waals surface area contributed by atoms with Gasteiger partial charge in [-0.25, -0.2) is 8.78 Å². The zero-order valence-electron chi connectivity index (χ0n) is 9.91. The molecule has 2 N–H and O–H groups in total. The maximum atomic E-state index is 13.7. The molecule has 0 saturated carbocycles. The van der Waals surface area contributed by atoms with Crippen LogP contribution < -0.4 is 10.5 Å². The first kappa shape index (κ1) is 12.3. The van der Waals surface area contributed by atoms with Crippen LogP contribution in [0.25, 0.3) is 11.3 Å². The number of aromatic nitrogens is 1. The molecule has 2 rings (SSSR count). The molecule has 0 spiro atoms. The van der Waals surface area contributed by atoms with Gasteiger partial charge in [0, 0.05) is 18.6 Å². The van der Waals surface area contributed by atoms with E-state index in [1.54, 1.807) is 6.07 Å². The van der Waals surface area contributed by atoms with Gasteiger partial charge in [0.1, 0.15) is 11.4 Å². The third kappa shape index (κ3) is 2.13.